The van der Waals surface area contributed by atoms with Crippen LogP contribution < -0.4 is 0 Å². The van der Waals surface area contributed by atoms with Crippen molar-refractivity contribution >= 4 is 11.9 Å². The van der Waals surface area contributed by atoms with Gasteiger partial charge in [-0.2, -0.15) is 0 Å². The number of rotatable bonds is 3. The maximum atomic E-state index is 12.4. The smallest absolute Gasteiger partial charge is 0.313 e. The molecule has 2 aliphatic rings. The summed E-state index contributed by atoms with van der Waals surface area (Å²) in [5, 5.41) is 0. The Bertz CT molecular complexity index is 563. The molecule has 1 saturated heterocycles. The lowest BCUT2D eigenvalue weighted by atomic mass is 9.69. The maximum absolute atomic E-state index is 12.4. The predicted molar refractivity (Wildman–Crippen MR) is 76.4 cm³/mol. The molecule has 1 aliphatic carbocycles. The van der Waals surface area contributed by atoms with Crippen molar-refractivity contribution in [3.8, 4) is 0 Å². The molecule has 4 heteroatoms. The van der Waals surface area contributed by atoms with Gasteiger partial charge in [0, 0.05) is 11.8 Å². The third kappa shape index (κ3) is 2.46. The SMILES string of the molecule is CCOC(=O)[C@H]1[C@@H]2COC(=O)[C@@H]2C=C[C@@H]1c1ccccc1. The minimum Gasteiger partial charge on any atom is -0.466 e. The Morgan fingerprint density at radius 3 is 2.67 bits per heavy atom. The molecule has 1 aromatic carbocycles. The van der Waals surface area contributed by atoms with Crippen LogP contribution in [0.5, 0.6) is 0 Å². The number of ether oxygens (including phenoxy) is 2. The van der Waals surface area contributed by atoms with Crippen molar-refractivity contribution in [2.75, 3.05) is 13.2 Å². The van der Waals surface area contributed by atoms with Crippen LogP contribution in [-0.4, -0.2) is 25.2 Å². The van der Waals surface area contributed by atoms with Crippen LogP contribution in [-0.2, 0) is 19.1 Å². The molecule has 110 valence electrons. The number of fused-ring (bicyclic) bond motifs is 1. The third-order valence-electron chi connectivity index (χ3n) is 4.27. The first-order valence-electron chi connectivity index (χ1n) is 7.29. The van der Waals surface area contributed by atoms with E-state index in [9.17, 15) is 9.59 Å². The Balaban J connectivity index is 1.97. The molecule has 0 unspecified atom stereocenters. The number of hydrogen-bond donors (Lipinski definition) is 0. The number of allylic oxidation sites excluding steroid dienone is 1. The fraction of sp³-hybridized carbons (Fsp3) is 0.412. The Hall–Kier alpha value is -2.10. The van der Waals surface area contributed by atoms with Crippen molar-refractivity contribution in [3.63, 3.8) is 0 Å². The number of benzene rings is 1. The molecule has 21 heavy (non-hydrogen) atoms. The van der Waals surface area contributed by atoms with Crippen molar-refractivity contribution in [2.45, 2.75) is 12.8 Å². The first kappa shape index (κ1) is 13.9. The van der Waals surface area contributed by atoms with Crippen LogP contribution in [0.2, 0.25) is 0 Å². The van der Waals surface area contributed by atoms with Gasteiger partial charge < -0.3 is 9.47 Å². The largest absolute Gasteiger partial charge is 0.466 e. The first-order chi connectivity index (χ1) is 10.2. The van der Waals surface area contributed by atoms with Gasteiger partial charge in [0.05, 0.1) is 25.0 Å². The lowest BCUT2D eigenvalue weighted by molar-refractivity contribution is -0.151. The highest BCUT2D eigenvalue weighted by Crippen LogP contribution is 2.43. The Morgan fingerprint density at radius 1 is 1.24 bits per heavy atom. The second-order valence-electron chi connectivity index (χ2n) is 5.42. The van der Waals surface area contributed by atoms with Crippen LogP contribution in [0.15, 0.2) is 42.5 Å². The summed E-state index contributed by atoms with van der Waals surface area (Å²) in [6, 6.07) is 9.85. The monoisotopic (exact) mass is 286 g/mol. The average Bonchev–Trinajstić information content (AvgIpc) is 2.89. The Morgan fingerprint density at radius 2 is 1.95 bits per heavy atom. The summed E-state index contributed by atoms with van der Waals surface area (Å²) in [5.41, 5.74) is 1.06. The summed E-state index contributed by atoms with van der Waals surface area (Å²) < 4.78 is 10.4. The molecule has 0 aromatic heterocycles. The molecule has 1 heterocycles. The van der Waals surface area contributed by atoms with E-state index in [1.807, 2.05) is 42.5 Å². The Kier molecular flexibility index (Phi) is 3.78. The molecule has 0 saturated carbocycles. The van der Waals surface area contributed by atoms with Gasteiger partial charge in [-0.15, -0.1) is 0 Å². The van der Waals surface area contributed by atoms with Gasteiger partial charge in [-0.05, 0) is 12.5 Å². The number of carbonyl (C=O) groups is 2. The molecule has 1 fully saturated rings. The third-order valence-corrected chi connectivity index (χ3v) is 4.27. The van der Waals surface area contributed by atoms with E-state index in [4.69, 9.17) is 9.47 Å². The van der Waals surface area contributed by atoms with Crippen LogP contribution in [0.4, 0.5) is 0 Å². The molecular formula is C17H18O4. The van der Waals surface area contributed by atoms with E-state index in [0.717, 1.165) is 5.56 Å². The van der Waals surface area contributed by atoms with E-state index >= 15 is 0 Å². The Labute approximate surface area is 123 Å². The van der Waals surface area contributed by atoms with E-state index in [2.05, 4.69) is 0 Å². The fourth-order valence-corrected chi connectivity index (χ4v) is 3.28. The lowest BCUT2D eigenvalue weighted by Crippen LogP contribution is -2.37. The van der Waals surface area contributed by atoms with Gasteiger partial charge >= 0.3 is 11.9 Å². The van der Waals surface area contributed by atoms with Gasteiger partial charge in [-0.1, -0.05) is 42.5 Å². The van der Waals surface area contributed by atoms with Crippen molar-refractivity contribution in [3.05, 3.63) is 48.0 Å². The van der Waals surface area contributed by atoms with Crippen LogP contribution in [0.1, 0.15) is 18.4 Å². The van der Waals surface area contributed by atoms with E-state index in [0.29, 0.717) is 13.2 Å². The van der Waals surface area contributed by atoms with E-state index in [1.54, 1.807) is 6.92 Å². The number of esters is 2. The minimum atomic E-state index is -0.367. The second kappa shape index (κ2) is 5.72. The summed E-state index contributed by atoms with van der Waals surface area (Å²) in [6.45, 7) is 2.43. The standard InChI is InChI=1S/C17H18O4/c1-2-20-17(19)15-12(11-6-4-3-5-7-11)8-9-13-14(15)10-21-16(13)18/h3-9,12-15H,2,10H2,1H3/t12-,13-,14-,15-/m1/s1. The highest BCUT2D eigenvalue weighted by atomic mass is 16.5. The molecule has 0 radical (unpaired) electrons. The normalized spacial score (nSPS) is 30.6. The van der Waals surface area contributed by atoms with Crippen LogP contribution >= 0.6 is 0 Å². The van der Waals surface area contributed by atoms with Crippen molar-refractivity contribution in [1.29, 1.82) is 0 Å². The van der Waals surface area contributed by atoms with Gasteiger partial charge in [0.25, 0.3) is 0 Å². The lowest BCUT2D eigenvalue weighted by Gasteiger charge is -2.32. The summed E-state index contributed by atoms with van der Waals surface area (Å²) in [6.07, 6.45) is 3.83. The summed E-state index contributed by atoms with van der Waals surface area (Å²) >= 11 is 0. The highest BCUT2D eigenvalue weighted by Gasteiger charge is 2.49. The molecular weight excluding hydrogens is 268 g/mol. The molecule has 1 aromatic rings. The molecule has 3 rings (SSSR count). The minimum absolute atomic E-state index is 0.0685. The number of cyclic esters (lactones) is 1. The van der Waals surface area contributed by atoms with Crippen molar-refractivity contribution < 1.29 is 19.1 Å². The molecule has 0 amide bonds. The fourth-order valence-electron chi connectivity index (χ4n) is 3.28. The van der Waals surface area contributed by atoms with E-state index in [-0.39, 0.29) is 35.6 Å². The van der Waals surface area contributed by atoms with Gasteiger partial charge in [-0.25, -0.2) is 0 Å². The van der Waals surface area contributed by atoms with E-state index < -0.39 is 0 Å². The van der Waals surface area contributed by atoms with Crippen molar-refractivity contribution in [2.24, 2.45) is 17.8 Å². The maximum Gasteiger partial charge on any atom is 0.313 e. The summed E-state index contributed by atoms with van der Waals surface area (Å²) in [7, 11) is 0. The van der Waals surface area contributed by atoms with Gasteiger partial charge in [0.1, 0.15) is 0 Å². The van der Waals surface area contributed by atoms with Gasteiger partial charge in [0.15, 0.2) is 0 Å². The van der Waals surface area contributed by atoms with Crippen LogP contribution in [0, 0.1) is 17.8 Å². The molecule has 0 bridgehead atoms. The van der Waals surface area contributed by atoms with Crippen LogP contribution in [0.25, 0.3) is 0 Å². The summed E-state index contributed by atoms with van der Waals surface area (Å²) in [5.74, 6) is -1.37. The van der Waals surface area contributed by atoms with Crippen LogP contribution in [0.3, 0.4) is 0 Å². The first-order valence-corrected chi connectivity index (χ1v) is 7.29. The zero-order chi connectivity index (χ0) is 14.8. The summed E-state index contributed by atoms with van der Waals surface area (Å²) in [4.78, 5) is 24.2. The topological polar surface area (TPSA) is 52.6 Å². The average molecular weight is 286 g/mol. The zero-order valence-electron chi connectivity index (χ0n) is 11.9. The molecule has 4 atom stereocenters. The molecule has 0 N–H and O–H groups in total. The van der Waals surface area contributed by atoms with Crippen molar-refractivity contribution in [1.82, 2.24) is 0 Å². The van der Waals surface area contributed by atoms with E-state index in [1.165, 1.54) is 0 Å². The van der Waals surface area contributed by atoms with Gasteiger partial charge in [-0.3, -0.25) is 9.59 Å². The number of hydrogen-bond acceptors (Lipinski definition) is 4. The molecule has 1 aliphatic heterocycles. The number of carbonyl (C=O) groups excluding carboxylic acids is 2. The zero-order valence-corrected chi connectivity index (χ0v) is 11.9. The molecule has 0 spiro atoms. The highest BCUT2D eigenvalue weighted by molar-refractivity contribution is 5.82. The quantitative estimate of drug-likeness (QED) is 0.632. The van der Waals surface area contributed by atoms with Gasteiger partial charge in [0.2, 0.25) is 0 Å². The second-order valence-corrected chi connectivity index (χ2v) is 5.42. The molecule has 4 nitrogen and oxygen atoms in total. The predicted octanol–water partition coefficient (Wildman–Crippen LogP) is 2.31.